The molecule has 0 aliphatic carbocycles. The highest BCUT2D eigenvalue weighted by Gasteiger charge is 2.35. The van der Waals surface area contributed by atoms with Gasteiger partial charge >= 0.3 is 0 Å². The highest BCUT2D eigenvalue weighted by atomic mass is 79.9. The normalized spacial score (nSPS) is 14.2. The van der Waals surface area contributed by atoms with E-state index in [0.717, 1.165) is 17.3 Å². The molecule has 37 heavy (non-hydrogen) atoms. The van der Waals surface area contributed by atoms with Crippen molar-refractivity contribution in [2.75, 3.05) is 18.5 Å². The van der Waals surface area contributed by atoms with Crippen LogP contribution >= 0.6 is 39.3 Å². The first kappa shape index (κ1) is 26.8. The zero-order chi connectivity index (χ0) is 26.4. The molecule has 1 saturated heterocycles. The van der Waals surface area contributed by atoms with E-state index >= 15 is 0 Å². The van der Waals surface area contributed by atoms with E-state index in [-0.39, 0.29) is 35.1 Å². The van der Waals surface area contributed by atoms with Gasteiger partial charge in [0, 0.05) is 15.2 Å². The van der Waals surface area contributed by atoms with Crippen molar-refractivity contribution in [3.63, 3.8) is 0 Å². The van der Waals surface area contributed by atoms with Gasteiger partial charge in [-0.1, -0.05) is 57.9 Å². The van der Waals surface area contributed by atoms with Crippen LogP contribution in [-0.4, -0.2) is 35.2 Å². The van der Waals surface area contributed by atoms with Crippen molar-refractivity contribution in [2.45, 2.75) is 13.5 Å². The second-order valence-corrected chi connectivity index (χ2v) is 10.1. The summed E-state index contributed by atoms with van der Waals surface area (Å²) in [6.07, 6.45) is 1.63. The Kier molecular flexibility index (Phi) is 8.91. The van der Waals surface area contributed by atoms with E-state index in [0.29, 0.717) is 38.9 Å². The number of ether oxygens (including phenoxy) is 2. The zero-order valence-corrected chi connectivity index (χ0v) is 22.9. The van der Waals surface area contributed by atoms with Crippen LogP contribution in [0.1, 0.15) is 18.1 Å². The molecule has 0 atom stereocenters. The summed E-state index contributed by atoms with van der Waals surface area (Å²) in [6, 6.07) is 19.4. The number of nitrogens with zero attached hydrogens (tertiary/aromatic N) is 1. The third-order valence-electron chi connectivity index (χ3n) is 5.19. The lowest BCUT2D eigenvalue weighted by Gasteiger charge is -2.14. The minimum absolute atomic E-state index is 0.155. The van der Waals surface area contributed by atoms with Gasteiger partial charge in [-0.2, -0.15) is 0 Å². The van der Waals surface area contributed by atoms with Crippen LogP contribution in [0.2, 0.25) is 5.02 Å². The first-order valence-electron chi connectivity index (χ1n) is 11.3. The van der Waals surface area contributed by atoms with Crippen LogP contribution in [0.25, 0.3) is 6.08 Å². The Morgan fingerprint density at radius 1 is 1.05 bits per heavy atom. The van der Waals surface area contributed by atoms with Crippen molar-refractivity contribution in [3.05, 3.63) is 92.3 Å². The SMILES string of the molecule is CCOc1cc(/C=C2/SC(=O)N(Cc3ccc(Cl)cc3)C2=O)c(Br)cc1OCC(=O)Nc1ccccc1. The van der Waals surface area contributed by atoms with Gasteiger partial charge in [0.2, 0.25) is 0 Å². The number of rotatable bonds is 9. The summed E-state index contributed by atoms with van der Waals surface area (Å²) in [7, 11) is 0. The first-order chi connectivity index (χ1) is 17.8. The molecule has 7 nitrogen and oxygen atoms in total. The van der Waals surface area contributed by atoms with Gasteiger partial charge in [0.15, 0.2) is 18.1 Å². The van der Waals surface area contributed by atoms with Crippen molar-refractivity contribution < 1.29 is 23.9 Å². The standard InChI is InChI=1S/C27H22BrClN2O5S/c1-2-35-22-12-18(21(28)14-23(22)36-16-25(32)30-20-6-4-3-5-7-20)13-24-26(33)31(27(34)37-24)15-17-8-10-19(29)11-9-17/h3-14H,2,15-16H2,1H3,(H,30,32)/b24-13+. The molecule has 3 amide bonds. The number of amides is 3. The summed E-state index contributed by atoms with van der Waals surface area (Å²) in [4.78, 5) is 39.3. The number of anilines is 1. The molecule has 0 aromatic heterocycles. The van der Waals surface area contributed by atoms with E-state index in [1.807, 2.05) is 25.1 Å². The summed E-state index contributed by atoms with van der Waals surface area (Å²) < 4.78 is 12.1. The Hall–Kier alpha value is -3.27. The summed E-state index contributed by atoms with van der Waals surface area (Å²) >= 11 is 10.3. The predicted molar refractivity (Wildman–Crippen MR) is 149 cm³/mol. The Bertz CT molecular complexity index is 1350. The molecule has 1 heterocycles. The summed E-state index contributed by atoms with van der Waals surface area (Å²) in [6.45, 7) is 2.13. The molecule has 1 aliphatic heterocycles. The Morgan fingerprint density at radius 2 is 1.76 bits per heavy atom. The Labute approximate surface area is 231 Å². The van der Waals surface area contributed by atoms with Crippen LogP contribution in [0.15, 0.2) is 76.1 Å². The largest absolute Gasteiger partial charge is 0.490 e. The van der Waals surface area contributed by atoms with Crippen molar-refractivity contribution >= 4 is 68.1 Å². The van der Waals surface area contributed by atoms with Gasteiger partial charge in [0.05, 0.1) is 18.1 Å². The van der Waals surface area contributed by atoms with E-state index < -0.39 is 0 Å². The average Bonchev–Trinajstić information content (AvgIpc) is 3.14. The van der Waals surface area contributed by atoms with Crippen molar-refractivity contribution in [2.24, 2.45) is 0 Å². The summed E-state index contributed by atoms with van der Waals surface area (Å²) in [5, 5.41) is 2.99. The molecular weight excluding hydrogens is 580 g/mol. The lowest BCUT2D eigenvalue weighted by molar-refractivity contribution is -0.123. The lowest BCUT2D eigenvalue weighted by atomic mass is 10.1. The molecule has 3 aromatic carbocycles. The molecule has 190 valence electrons. The second-order valence-electron chi connectivity index (χ2n) is 7.85. The number of benzene rings is 3. The number of thioether (sulfide) groups is 1. The van der Waals surface area contributed by atoms with Crippen LogP contribution in [0.4, 0.5) is 10.5 Å². The fraction of sp³-hybridized carbons (Fsp3) is 0.148. The van der Waals surface area contributed by atoms with E-state index in [9.17, 15) is 14.4 Å². The predicted octanol–water partition coefficient (Wildman–Crippen LogP) is 6.76. The molecule has 0 bridgehead atoms. The van der Waals surface area contributed by atoms with Gasteiger partial charge in [0.25, 0.3) is 17.1 Å². The van der Waals surface area contributed by atoms with Crippen LogP contribution in [-0.2, 0) is 16.1 Å². The first-order valence-corrected chi connectivity index (χ1v) is 13.3. The number of carbonyl (C=O) groups is 3. The molecule has 0 unspecified atom stereocenters. The highest BCUT2D eigenvalue weighted by molar-refractivity contribution is 9.10. The molecule has 3 aromatic rings. The molecule has 0 radical (unpaired) electrons. The monoisotopic (exact) mass is 600 g/mol. The van der Waals surface area contributed by atoms with Gasteiger partial charge < -0.3 is 14.8 Å². The van der Waals surface area contributed by atoms with Crippen molar-refractivity contribution in [3.8, 4) is 11.5 Å². The van der Waals surface area contributed by atoms with Gasteiger partial charge in [0.1, 0.15) is 0 Å². The lowest BCUT2D eigenvalue weighted by Crippen LogP contribution is -2.27. The van der Waals surface area contributed by atoms with Crippen LogP contribution < -0.4 is 14.8 Å². The topological polar surface area (TPSA) is 84.9 Å². The fourth-order valence-corrected chi connectivity index (χ4v) is 4.85. The molecule has 1 fully saturated rings. The van der Waals surface area contributed by atoms with Gasteiger partial charge in [-0.3, -0.25) is 19.3 Å². The van der Waals surface area contributed by atoms with Crippen molar-refractivity contribution in [1.82, 2.24) is 4.90 Å². The molecule has 0 saturated carbocycles. The summed E-state index contributed by atoms with van der Waals surface area (Å²) in [5.41, 5.74) is 2.09. The smallest absolute Gasteiger partial charge is 0.293 e. The number of para-hydroxylation sites is 1. The third kappa shape index (κ3) is 6.94. The van der Waals surface area contributed by atoms with Crippen LogP contribution in [0.5, 0.6) is 11.5 Å². The number of hydrogen-bond acceptors (Lipinski definition) is 6. The van der Waals surface area contributed by atoms with Gasteiger partial charge in [-0.15, -0.1) is 0 Å². The minimum Gasteiger partial charge on any atom is -0.490 e. The zero-order valence-electron chi connectivity index (χ0n) is 19.7. The number of hydrogen-bond donors (Lipinski definition) is 1. The number of halogens is 2. The fourth-order valence-electron chi connectivity index (χ4n) is 3.45. The molecular formula is C27H22BrClN2O5S. The van der Waals surface area contributed by atoms with Crippen LogP contribution in [0, 0.1) is 0 Å². The maximum atomic E-state index is 13.0. The minimum atomic E-state index is -0.382. The Morgan fingerprint density at radius 3 is 2.46 bits per heavy atom. The quantitative estimate of drug-likeness (QED) is 0.273. The van der Waals surface area contributed by atoms with E-state index in [1.165, 1.54) is 4.90 Å². The Balaban J connectivity index is 1.49. The number of nitrogens with one attached hydrogen (secondary N) is 1. The van der Waals surface area contributed by atoms with E-state index in [4.69, 9.17) is 21.1 Å². The van der Waals surface area contributed by atoms with Crippen LogP contribution in [0.3, 0.4) is 0 Å². The number of carbonyl (C=O) groups excluding carboxylic acids is 3. The maximum absolute atomic E-state index is 13.0. The third-order valence-corrected chi connectivity index (χ3v) is 7.04. The second kappa shape index (κ2) is 12.3. The van der Waals surface area contributed by atoms with Crippen molar-refractivity contribution in [1.29, 1.82) is 0 Å². The van der Waals surface area contributed by atoms with E-state index in [1.54, 1.807) is 54.6 Å². The molecule has 0 spiro atoms. The molecule has 10 heteroatoms. The average molecular weight is 602 g/mol. The highest BCUT2D eigenvalue weighted by Crippen LogP contribution is 2.38. The molecule has 4 rings (SSSR count). The number of imide groups is 1. The summed E-state index contributed by atoms with van der Waals surface area (Å²) in [5.74, 6) is 0.0747. The van der Waals surface area contributed by atoms with E-state index in [2.05, 4.69) is 21.2 Å². The maximum Gasteiger partial charge on any atom is 0.293 e. The van der Waals surface area contributed by atoms with Gasteiger partial charge in [-0.05, 0) is 72.3 Å². The van der Waals surface area contributed by atoms with Gasteiger partial charge in [-0.25, -0.2) is 0 Å². The molecule has 1 aliphatic rings. The molecule has 1 N–H and O–H groups in total.